The summed E-state index contributed by atoms with van der Waals surface area (Å²) in [5.41, 5.74) is -0.115. The molecule has 1 aromatic carbocycles. The van der Waals surface area contributed by atoms with Gasteiger partial charge in [-0.05, 0) is 6.92 Å². The Morgan fingerprint density at radius 1 is 1.38 bits per heavy atom. The van der Waals surface area contributed by atoms with E-state index in [0.29, 0.717) is 0 Å². The van der Waals surface area contributed by atoms with Crippen molar-refractivity contribution in [3.63, 3.8) is 0 Å². The van der Waals surface area contributed by atoms with Crippen LogP contribution in [0.2, 0.25) is 0 Å². The number of rotatable bonds is 4. The van der Waals surface area contributed by atoms with E-state index < -0.39 is 17.8 Å². The summed E-state index contributed by atoms with van der Waals surface area (Å²) in [5, 5.41) is 9.15. The van der Waals surface area contributed by atoms with Crippen molar-refractivity contribution in [2.45, 2.75) is 19.0 Å². The van der Waals surface area contributed by atoms with Gasteiger partial charge in [-0.25, -0.2) is 0 Å². The summed E-state index contributed by atoms with van der Waals surface area (Å²) in [7, 11) is 0. The number of alkyl halides is 2. The summed E-state index contributed by atoms with van der Waals surface area (Å²) in [6.07, 6.45) is 0.0720. The van der Waals surface area contributed by atoms with Crippen molar-refractivity contribution in [2.75, 3.05) is 0 Å². The predicted octanol–water partition coefficient (Wildman–Crippen LogP) is 2.44. The van der Waals surface area contributed by atoms with Gasteiger partial charge in [0.2, 0.25) is 5.78 Å². The fourth-order valence-corrected chi connectivity index (χ4v) is 1.22. The van der Waals surface area contributed by atoms with E-state index in [1.54, 1.807) is 6.07 Å². The standard InChI is InChI=1S/C12H12F2O2/c1-2-6-10(15)12(13,14)11(16)9-7-4-3-5-8-9/h2-8,10,15H,1H3/b6-2+. The lowest BCUT2D eigenvalue weighted by Crippen LogP contribution is -2.40. The molecule has 0 aliphatic carbocycles. The van der Waals surface area contributed by atoms with Gasteiger partial charge in [0.05, 0.1) is 0 Å². The van der Waals surface area contributed by atoms with Gasteiger partial charge in [0, 0.05) is 5.56 Å². The van der Waals surface area contributed by atoms with Crippen LogP contribution < -0.4 is 0 Å². The highest BCUT2D eigenvalue weighted by molar-refractivity contribution is 6.01. The Labute approximate surface area is 92.2 Å². The first kappa shape index (κ1) is 12.5. The predicted molar refractivity (Wildman–Crippen MR) is 56.5 cm³/mol. The molecule has 1 aromatic rings. The normalized spacial score (nSPS) is 14.0. The lowest BCUT2D eigenvalue weighted by molar-refractivity contribution is -0.0570. The number of allylic oxidation sites excluding steroid dienone is 1. The largest absolute Gasteiger partial charge is 0.382 e. The quantitative estimate of drug-likeness (QED) is 0.632. The molecular formula is C12H12F2O2. The van der Waals surface area contributed by atoms with Gasteiger partial charge in [0.25, 0.3) is 0 Å². The van der Waals surface area contributed by atoms with Crippen LogP contribution in [0.5, 0.6) is 0 Å². The van der Waals surface area contributed by atoms with Crippen LogP contribution in [0.25, 0.3) is 0 Å². The second-order valence-corrected chi connectivity index (χ2v) is 3.29. The molecular weight excluding hydrogens is 214 g/mol. The molecule has 86 valence electrons. The number of carbonyl (C=O) groups is 1. The number of aliphatic hydroxyl groups is 1. The van der Waals surface area contributed by atoms with Crippen molar-refractivity contribution in [3.8, 4) is 0 Å². The number of Topliss-reactive ketones (excluding diaryl/α,β-unsaturated/α-hetero) is 1. The maximum Gasteiger partial charge on any atom is 0.338 e. The Balaban J connectivity index is 2.97. The molecule has 0 fully saturated rings. The Morgan fingerprint density at radius 3 is 2.44 bits per heavy atom. The maximum atomic E-state index is 13.4. The minimum absolute atomic E-state index is 0.115. The fraction of sp³-hybridized carbons (Fsp3) is 0.250. The molecule has 1 N–H and O–H groups in total. The molecule has 16 heavy (non-hydrogen) atoms. The molecule has 2 nitrogen and oxygen atoms in total. The molecule has 0 aliphatic rings. The van der Waals surface area contributed by atoms with E-state index in [1.165, 1.54) is 37.3 Å². The molecule has 0 spiro atoms. The van der Waals surface area contributed by atoms with E-state index in [-0.39, 0.29) is 5.56 Å². The zero-order valence-electron chi connectivity index (χ0n) is 8.73. The summed E-state index contributed by atoms with van der Waals surface area (Å²) >= 11 is 0. The van der Waals surface area contributed by atoms with Gasteiger partial charge in [-0.15, -0.1) is 0 Å². The van der Waals surface area contributed by atoms with Crippen LogP contribution in [0.15, 0.2) is 42.5 Å². The lowest BCUT2D eigenvalue weighted by Gasteiger charge is -2.18. The summed E-state index contributed by atoms with van der Waals surface area (Å²) < 4.78 is 26.9. The van der Waals surface area contributed by atoms with E-state index in [4.69, 9.17) is 5.11 Å². The van der Waals surface area contributed by atoms with Crippen LogP contribution in [-0.2, 0) is 0 Å². The number of aliphatic hydroxyl groups excluding tert-OH is 1. The zero-order valence-corrected chi connectivity index (χ0v) is 8.73. The van der Waals surface area contributed by atoms with Crippen molar-refractivity contribution in [1.29, 1.82) is 0 Å². The van der Waals surface area contributed by atoms with Crippen LogP contribution in [-0.4, -0.2) is 22.9 Å². The molecule has 0 radical (unpaired) electrons. The van der Waals surface area contributed by atoms with Crippen molar-refractivity contribution in [3.05, 3.63) is 48.0 Å². The fourth-order valence-electron chi connectivity index (χ4n) is 1.22. The van der Waals surface area contributed by atoms with Gasteiger partial charge in [-0.3, -0.25) is 4.79 Å². The number of halogens is 2. The highest BCUT2D eigenvalue weighted by Crippen LogP contribution is 2.25. The molecule has 1 rings (SSSR count). The molecule has 0 saturated carbocycles. The van der Waals surface area contributed by atoms with E-state index in [1.807, 2.05) is 0 Å². The third-order valence-corrected chi connectivity index (χ3v) is 2.08. The third kappa shape index (κ3) is 2.52. The Morgan fingerprint density at radius 2 is 1.94 bits per heavy atom. The molecule has 0 amide bonds. The van der Waals surface area contributed by atoms with Crippen molar-refractivity contribution >= 4 is 5.78 Å². The summed E-state index contributed by atoms with van der Waals surface area (Å²) in [6.45, 7) is 1.49. The Hall–Kier alpha value is -1.55. The van der Waals surface area contributed by atoms with Gasteiger partial charge < -0.3 is 5.11 Å². The maximum absolute atomic E-state index is 13.4. The number of hydrogen-bond donors (Lipinski definition) is 1. The first-order chi connectivity index (χ1) is 7.50. The monoisotopic (exact) mass is 226 g/mol. The van der Waals surface area contributed by atoms with Gasteiger partial charge in [-0.1, -0.05) is 42.5 Å². The summed E-state index contributed by atoms with van der Waals surface area (Å²) in [4.78, 5) is 11.4. The average Bonchev–Trinajstić information content (AvgIpc) is 2.29. The smallest absolute Gasteiger partial charge is 0.338 e. The first-order valence-corrected chi connectivity index (χ1v) is 4.78. The van der Waals surface area contributed by atoms with E-state index >= 15 is 0 Å². The van der Waals surface area contributed by atoms with Gasteiger partial charge >= 0.3 is 5.92 Å². The molecule has 1 atom stereocenters. The number of ketones is 1. The molecule has 0 bridgehead atoms. The number of benzene rings is 1. The number of carbonyl (C=O) groups excluding carboxylic acids is 1. The van der Waals surface area contributed by atoms with Crippen LogP contribution in [0, 0.1) is 0 Å². The highest BCUT2D eigenvalue weighted by atomic mass is 19.3. The molecule has 0 aromatic heterocycles. The van der Waals surface area contributed by atoms with E-state index in [9.17, 15) is 13.6 Å². The first-order valence-electron chi connectivity index (χ1n) is 4.78. The SMILES string of the molecule is C/C=C/C(O)C(F)(F)C(=O)c1ccccc1. The van der Waals surface area contributed by atoms with Crippen LogP contribution in [0.3, 0.4) is 0 Å². The van der Waals surface area contributed by atoms with Gasteiger partial charge in [-0.2, -0.15) is 8.78 Å². The zero-order chi connectivity index (χ0) is 12.2. The van der Waals surface area contributed by atoms with Crippen LogP contribution >= 0.6 is 0 Å². The van der Waals surface area contributed by atoms with Crippen molar-refractivity contribution < 1.29 is 18.7 Å². The van der Waals surface area contributed by atoms with E-state index in [2.05, 4.69) is 0 Å². The highest BCUT2D eigenvalue weighted by Gasteiger charge is 2.45. The lowest BCUT2D eigenvalue weighted by atomic mass is 10.0. The molecule has 0 heterocycles. The van der Waals surface area contributed by atoms with Crippen molar-refractivity contribution in [2.24, 2.45) is 0 Å². The Bertz CT molecular complexity index is 385. The second-order valence-electron chi connectivity index (χ2n) is 3.29. The summed E-state index contributed by atoms with van der Waals surface area (Å²) in [5.74, 6) is -5.17. The molecule has 0 aliphatic heterocycles. The molecule has 0 saturated heterocycles. The van der Waals surface area contributed by atoms with E-state index in [0.717, 1.165) is 6.08 Å². The second kappa shape index (κ2) is 4.99. The van der Waals surface area contributed by atoms with Crippen molar-refractivity contribution in [1.82, 2.24) is 0 Å². The van der Waals surface area contributed by atoms with Gasteiger partial charge in [0.15, 0.2) is 0 Å². The van der Waals surface area contributed by atoms with Gasteiger partial charge in [0.1, 0.15) is 6.10 Å². The van der Waals surface area contributed by atoms with Crippen LogP contribution in [0.4, 0.5) is 8.78 Å². The molecule has 4 heteroatoms. The third-order valence-electron chi connectivity index (χ3n) is 2.08. The average molecular weight is 226 g/mol. The van der Waals surface area contributed by atoms with Crippen LogP contribution in [0.1, 0.15) is 17.3 Å². The minimum atomic E-state index is -3.80. The minimum Gasteiger partial charge on any atom is -0.382 e. The topological polar surface area (TPSA) is 37.3 Å². The summed E-state index contributed by atoms with van der Waals surface area (Å²) in [6, 6.07) is 7.19. The molecule has 1 unspecified atom stereocenters. The number of hydrogen-bond acceptors (Lipinski definition) is 2. The Kier molecular flexibility index (Phi) is 3.90.